The van der Waals surface area contributed by atoms with E-state index in [4.69, 9.17) is 23.2 Å². The number of aromatic nitrogens is 2. The van der Waals surface area contributed by atoms with Gasteiger partial charge in [-0.25, -0.2) is 4.68 Å². The SMILES string of the molecule is Cc1ccc(-n2nc(C)cc2NC(=O)C2CC2(Cl)Cl)cc1. The predicted molar refractivity (Wildman–Crippen MR) is 84.2 cm³/mol. The van der Waals surface area contributed by atoms with Crippen molar-refractivity contribution in [1.82, 2.24) is 9.78 Å². The molecule has 4 nitrogen and oxygen atoms in total. The highest BCUT2D eigenvalue weighted by Gasteiger charge is 2.56. The number of benzene rings is 1. The van der Waals surface area contributed by atoms with Crippen molar-refractivity contribution in [1.29, 1.82) is 0 Å². The summed E-state index contributed by atoms with van der Waals surface area (Å²) in [6, 6.07) is 9.75. The second kappa shape index (κ2) is 5.04. The van der Waals surface area contributed by atoms with Crippen molar-refractivity contribution in [3.05, 3.63) is 41.6 Å². The number of hydrogen-bond donors (Lipinski definition) is 1. The highest BCUT2D eigenvalue weighted by Crippen LogP contribution is 2.53. The van der Waals surface area contributed by atoms with Gasteiger partial charge in [-0.05, 0) is 32.4 Å². The van der Waals surface area contributed by atoms with E-state index in [1.807, 2.05) is 44.2 Å². The molecule has 0 saturated heterocycles. The van der Waals surface area contributed by atoms with E-state index in [2.05, 4.69) is 10.4 Å². The summed E-state index contributed by atoms with van der Waals surface area (Å²) in [4.78, 5) is 12.1. The number of halogens is 2. The maximum Gasteiger partial charge on any atom is 0.231 e. The van der Waals surface area contributed by atoms with Crippen LogP contribution in [-0.2, 0) is 4.79 Å². The second-order valence-corrected chi connectivity index (χ2v) is 6.97. The Morgan fingerprint density at radius 2 is 1.95 bits per heavy atom. The molecule has 21 heavy (non-hydrogen) atoms. The number of nitrogens with one attached hydrogen (secondary N) is 1. The lowest BCUT2D eigenvalue weighted by molar-refractivity contribution is -0.117. The van der Waals surface area contributed by atoms with Gasteiger partial charge in [0.1, 0.15) is 10.2 Å². The zero-order valence-corrected chi connectivity index (χ0v) is 13.2. The topological polar surface area (TPSA) is 46.9 Å². The van der Waals surface area contributed by atoms with Crippen LogP contribution in [0.4, 0.5) is 5.82 Å². The monoisotopic (exact) mass is 323 g/mol. The Balaban J connectivity index is 1.86. The Morgan fingerprint density at radius 1 is 1.33 bits per heavy atom. The van der Waals surface area contributed by atoms with Gasteiger partial charge in [-0.3, -0.25) is 4.79 Å². The zero-order valence-electron chi connectivity index (χ0n) is 11.7. The van der Waals surface area contributed by atoms with Gasteiger partial charge < -0.3 is 5.32 Å². The molecule has 1 aliphatic carbocycles. The van der Waals surface area contributed by atoms with Crippen LogP contribution in [-0.4, -0.2) is 20.0 Å². The van der Waals surface area contributed by atoms with Crippen molar-refractivity contribution in [2.75, 3.05) is 5.32 Å². The van der Waals surface area contributed by atoms with Crippen molar-refractivity contribution in [2.24, 2.45) is 5.92 Å². The van der Waals surface area contributed by atoms with E-state index >= 15 is 0 Å². The fraction of sp³-hybridized carbons (Fsp3) is 0.333. The molecule has 1 amide bonds. The molecule has 1 unspecified atom stereocenters. The van der Waals surface area contributed by atoms with Crippen LogP contribution in [0.15, 0.2) is 30.3 Å². The molecule has 1 heterocycles. The highest BCUT2D eigenvalue weighted by molar-refractivity contribution is 6.52. The Bertz CT molecular complexity index is 691. The van der Waals surface area contributed by atoms with Gasteiger partial charge in [0.2, 0.25) is 5.91 Å². The van der Waals surface area contributed by atoms with E-state index in [0.29, 0.717) is 12.2 Å². The zero-order chi connectivity index (χ0) is 15.2. The largest absolute Gasteiger partial charge is 0.310 e. The second-order valence-electron chi connectivity index (χ2n) is 5.43. The van der Waals surface area contributed by atoms with Gasteiger partial charge >= 0.3 is 0 Å². The number of rotatable bonds is 3. The molecule has 0 radical (unpaired) electrons. The molecule has 1 atom stereocenters. The summed E-state index contributed by atoms with van der Waals surface area (Å²) in [5.74, 6) is 0.0909. The van der Waals surface area contributed by atoms with Crippen molar-refractivity contribution in [3.8, 4) is 5.69 Å². The summed E-state index contributed by atoms with van der Waals surface area (Å²) >= 11 is 11.9. The van der Waals surface area contributed by atoms with Crippen LogP contribution < -0.4 is 5.32 Å². The summed E-state index contributed by atoms with van der Waals surface area (Å²) in [6.07, 6.45) is 0.486. The Kier molecular flexibility index (Phi) is 3.46. The molecule has 0 spiro atoms. The number of amides is 1. The average Bonchev–Trinajstić information content (AvgIpc) is 2.90. The number of hydrogen-bond acceptors (Lipinski definition) is 2. The molecule has 1 fully saturated rings. The first-order valence-electron chi connectivity index (χ1n) is 6.69. The van der Waals surface area contributed by atoms with E-state index in [0.717, 1.165) is 11.4 Å². The van der Waals surface area contributed by atoms with Gasteiger partial charge in [-0.15, -0.1) is 23.2 Å². The van der Waals surface area contributed by atoms with Crippen molar-refractivity contribution >= 4 is 34.9 Å². The van der Waals surface area contributed by atoms with Crippen LogP contribution in [0.3, 0.4) is 0 Å². The molecule has 110 valence electrons. The smallest absolute Gasteiger partial charge is 0.231 e. The van der Waals surface area contributed by atoms with E-state index in [1.54, 1.807) is 4.68 Å². The molecule has 2 aromatic rings. The fourth-order valence-electron chi connectivity index (χ4n) is 2.18. The van der Waals surface area contributed by atoms with Crippen LogP contribution in [0.25, 0.3) is 5.69 Å². The molecule has 3 rings (SSSR count). The Morgan fingerprint density at radius 3 is 2.52 bits per heavy atom. The van der Waals surface area contributed by atoms with Crippen LogP contribution in [0.1, 0.15) is 17.7 Å². The first-order valence-corrected chi connectivity index (χ1v) is 7.45. The van der Waals surface area contributed by atoms with Crippen LogP contribution in [0.5, 0.6) is 0 Å². The molecule has 1 aliphatic rings. The van der Waals surface area contributed by atoms with E-state index in [-0.39, 0.29) is 11.8 Å². The molecular weight excluding hydrogens is 309 g/mol. The van der Waals surface area contributed by atoms with Crippen LogP contribution >= 0.6 is 23.2 Å². The van der Waals surface area contributed by atoms with Gasteiger partial charge in [-0.2, -0.15) is 5.10 Å². The molecule has 1 N–H and O–H groups in total. The van der Waals surface area contributed by atoms with Crippen molar-refractivity contribution in [3.63, 3.8) is 0 Å². The molecule has 1 aromatic carbocycles. The first kappa shape index (κ1) is 14.4. The number of alkyl halides is 2. The molecular formula is C15H15Cl2N3O. The number of nitrogens with zero attached hydrogens (tertiary/aromatic N) is 2. The van der Waals surface area contributed by atoms with Gasteiger partial charge in [0, 0.05) is 6.07 Å². The summed E-state index contributed by atoms with van der Waals surface area (Å²) in [6.45, 7) is 3.90. The molecule has 6 heteroatoms. The van der Waals surface area contributed by atoms with Crippen molar-refractivity contribution < 1.29 is 4.79 Å². The molecule has 1 saturated carbocycles. The lowest BCUT2D eigenvalue weighted by Gasteiger charge is -2.09. The lowest BCUT2D eigenvalue weighted by Crippen LogP contribution is -2.19. The summed E-state index contributed by atoms with van der Waals surface area (Å²) < 4.78 is 0.785. The third kappa shape index (κ3) is 2.92. The minimum atomic E-state index is -0.923. The fourth-order valence-corrected chi connectivity index (χ4v) is 2.69. The molecule has 0 aliphatic heterocycles. The number of carbonyl (C=O) groups excluding carboxylic acids is 1. The minimum absolute atomic E-state index is 0.173. The maximum atomic E-state index is 12.1. The van der Waals surface area contributed by atoms with E-state index in [1.165, 1.54) is 5.56 Å². The lowest BCUT2D eigenvalue weighted by atomic mass is 10.2. The predicted octanol–water partition coefficient (Wildman–Crippen LogP) is 3.62. The van der Waals surface area contributed by atoms with Gasteiger partial charge in [0.25, 0.3) is 0 Å². The van der Waals surface area contributed by atoms with Crippen LogP contribution in [0, 0.1) is 19.8 Å². The van der Waals surface area contributed by atoms with Gasteiger partial charge in [0.05, 0.1) is 17.3 Å². The standard InChI is InChI=1S/C15H15Cl2N3O/c1-9-3-5-11(6-4-9)20-13(7-10(2)19-20)18-14(21)12-8-15(12,16)17/h3-7,12H,8H2,1-2H3,(H,18,21). The number of anilines is 1. The number of carbonyl (C=O) groups is 1. The quantitative estimate of drug-likeness (QED) is 0.877. The summed E-state index contributed by atoms with van der Waals surface area (Å²) in [5.41, 5.74) is 2.88. The summed E-state index contributed by atoms with van der Waals surface area (Å²) in [5, 5.41) is 7.27. The minimum Gasteiger partial charge on any atom is -0.310 e. The number of aryl methyl sites for hydroxylation is 2. The van der Waals surface area contributed by atoms with Crippen molar-refractivity contribution in [2.45, 2.75) is 24.6 Å². The molecule has 1 aromatic heterocycles. The third-order valence-corrected chi connectivity index (χ3v) is 4.34. The van der Waals surface area contributed by atoms with Crippen LogP contribution in [0.2, 0.25) is 0 Å². The normalized spacial score (nSPS) is 19.3. The van der Waals surface area contributed by atoms with Gasteiger partial charge in [0.15, 0.2) is 0 Å². The average molecular weight is 324 g/mol. The summed E-state index contributed by atoms with van der Waals surface area (Å²) in [7, 11) is 0. The van der Waals surface area contributed by atoms with E-state index in [9.17, 15) is 4.79 Å². The van der Waals surface area contributed by atoms with Gasteiger partial charge in [-0.1, -0.05) is 17.7 Å². The molecule has 0 bridgehead atoms. The maximum absolute atomic E-state index is 12.1. The third-order valence-electron chi connectivity index (χ3n) is 3.50. The van der Waals surface area contributed by atoms with E-state index < -0.39 is 4.33 Å². The highest BCUT2D eigenvalue weighted by atomic mass is 35.5. The first-order chi connectivity index (χ1) is 9.87. The Hall–Kier alpha value is -1.52. The Labute approximate surface area is 133 Å².